The number of aryl methyl sites for hydroxylation is 1. The van der Waals surface area contributed by atoms with Crippen molar-refractivity contribution in [2.24, 2.45) is 5.73 Å². The van der Waals surface area contributed by atoms with Crippen molar-refractivity contribution in [2.75, 3.05) is 13.1 Å². The molecular weight excluding hydrogens is 296 g/mol. The van der Waals surface area contributed by atoms with E-state index in [0.29, 0.717) is 6.42 Å². The number of carbonyl (C=O) groups is 1. The normalized spacial score (nSPS) is 18.0. The van der Waals surface area contributed by atoms with Crippen LogP contribution in [0.3, 0.4) is 0 Å². The van der Waals surface area contributed by atoms with E-state index in [1.165, 1.54) is 16.3 Å². The van der Waals surface area contributed by atoms with Crippen LogP contribution in [-0.4, -0.2) is 29.9 Å². The Morgan fingerprint density at radius 3 is 2.73 bits per heavy atom. The van der Waals surface area contributed by atoms with Gasteiger partial charge in [-0.1, -0.05) is 42.5 Å². The number of hydrogen-bond acceptors (Lipinski definition) is 2. The molecule has 3 rings (SSSR count). The number of piperidine rings is 1. The molecule has 0 bridgehead atoms. The van der Waals surface area contributed by atoms with Gasteiger partial charge < -0.3 is 10.6 Å². The van der Waals surface area contributed by atoms with Crippen molar-refractivity contribution in [1.29, 1.82) is 0 Å². The summed E-state index contributed by atoms with van der Waals surface area (Å²) < 4.78 is 0. The van der Waals surface area contributed by atoms with Crippen molar-refractivity contribution in [2.45, 2.75) is 31.7 Å². The van der Waals surface area contributed by atoms with Crippen LogP contribution < -0.4 is 5.73 Å². The Kier molecular flexibility index (Phi) is 5.81. The summed E-state index contributed by atoms with van der Waals surface area (Å²) in [6, 6.07) is 14.9. The molecule has 2 N–H and O–H groups in total. The predicted octanol–water partition coefficient (Wildman–Crippen LogP) is 3.14. The molecule has 1 aliphatic rings. The monoisotopic (exact) mass is 318 g/mol. The molecule has 1 atom stereocenters. The molecule has 3 nitrogen and oxygen atoms in total. The maximum absolute atomic E-state index is 12.3. The van der Waals surface area contributed by atoms with Gasteiger partial charge >= 0.3 is 0 Å². The first-order valence-electron chi connectivity index (χ1n) is 7.73. The Labute approximate surface area is 137 Å². The van der Waals surface area contributed by atoms with E-state index in [9.17, 15) is 4.79 Å². The predicted molar refractivity (Wildman–Crippen MR) is 93.3 cm³/mol. The van der Waals surface area contributed by atoms with Crippen molar-refractivity contribution in [3.63, 3.8) is 0 Å². The molecule has 1 heterocycles. The van der Waals surface area contributed by atoms with Crippen LogP contribution >= 0.6 is 12.4 Å². The van der Waals surface area contributed by atoms with Crippen LogP contribution in [0.1, 0.15) is 24.8 Å². The molecule has 1 unspecified atom stereocenters. The SMILES string of the molecule is Cl.NC1CCCN(C(=O)CCc2ccc3ccccc3c2)C1. The second-order valence-electron chi connectivity index (χ2n) is 5.92. The van der Waals surface area contributed by atoms with Crippen LogP contribution in [0.2, 0.25) is 0 Å². The van der Waals surface area contributed by atoms with Crippen LogP contribution in [-0.2, 0) is 11.2 Å². The number of nitrogens with two attached hydrogens (primary N) is 1. The minimum absolute atomic E-state index is 0. The van der Waals surface area contributed by atoms with Crippen molar-refractivity contribution in [3.8, 4) is 0 Å². The fourth-order valence-electron chi connectivity index (χ4n) is 3.04. The molecule has 22 heavy (non-hydrogen) atoms. The molecule has 0 aromatic heterocycles. The molecule has 0 aliphatic carbocycles. The van der Waals surface area contributed by atoms with E-state index in [2.05, 4.69) is 30.3 Å². The molecule has 2 aromatic rings. The Balaban J connectivity index is 0.00000176. The van der Waals surface area contributed by atoms with Gasteiger partial charge in [-0.3, -0.25) is 4.79 Å². The maximum Gasteiger partial charge on any atom is 0.222 e. The summed E-state index contributed by atoms with van der Waals surface area (Å²) in [5.41, 5.74) is 7.16. The van der Waals surface area contributed by atoms with Crippen LogP contribution in [0.5, 0.6) is 0 Å². The largest absolute Gasteiger partial charge is 0.341 e. The first-order chi connectivity index (χ1) is 10.2. The minimum atomic E-state index is 0. The molecule has 0 saturated carbocycles. The lowest BCUT2D eigenvalue weighted by molar-refractivity contribution is -0.132. The van der Waals surface area contributed by atoms with Crippen molar-refractivity contribution in [1.82, 2.24) is 4.90 Å². The van der Waals surface area contributed by atoms with E-state index in [1.54, 1.807) is 0 Å². The summed E-state index contributed by atoms with van der Waals surface area (Å²) in [6.07, 6.45) is 3.44. The van der Waals surface area contributed by atoms with Gasteiger partial charge in [-0.25, -0.2) is 0 Å². The van der Waals surface area contributed by atoms with Gasteiger partial charge in [0.1, 0.15) is 0 Å². The van der Waals surface area contributed by atoms with Gasteiger partial charge in [0.2, 0.25) is 5.91 Å². The fourth-order valence-corrected chi connectivity index (χ4v) is 3.04. The van der Waals surface area contributed by atoms with E-state index >= 15 is 0 Å². The Bertz CT molecular complexity index is 644. The summed E-state index contributed by atoms with van der Waals surface area (Å²) >= 11 is 0. The van der Waals surface area contributed by atoms with Gasteiger partial charge in [0.05, 0.1) is 0 Å². The Hall–Kier alpha value is -1.58. The standard InChI is InChI=1S/C18H22N2O.ClH/c19-17-6-3-11-20(13-17)18(21)10-8-14-7-9-15-4-1-2-5-16(15)12-14;/h1-2,4-5,7,9,12,17H,3,6,8,10-11,13,19H2;1H. The number of likely N-dealkylation sites (tertiary alicyclic amines) is 1. The number of nitrogens with zero attached hydrogens (tertiary/aromatic N) is 1. The van der Waals surface area contributed by atoms with Gasteiger partial charge in [0, 0.05) is 25.6 Å². The second-order valence-corrected chi connectivity index (χ2v) is 5.92. The third kappa shape index (κ3) is 3.99. The van der Waals surface area contributed by atoms with E-state index in [4.69, 9.17) is 5.73 Å². The van der Waals surface area contributed by atoms with Gasteiger partial charge in [-0.15, -0.1) is 12.4 Å². The van der Waals surface area contributed by atoms with Gasteiger partial charge in [0.25, 0.3) is 0 Å². The molecule has 1 aliphatic heterocycles. The number of halogens is 1. The molecule has 118 valence electrons. The van der Waals surface area contributed by atoms with Gasteiger partial charge in [-0.2, -0.15) is 0 Å². The second kappa shape index (κ2) is 7.61. The zero-order valence-corrected chi connectivity index (χ0v) is 13.5. The first kappa shape index (κ1) is 16.8. The molecule has 1 fully saturated rings. The smallest absolute Gasteiger partial charge is 0.222 e. The molecule has 0 spiro atoms. The topological polar surface area (TPSA) is 46.3 Å². The quantitative estimate of drug-likeness (QED) is 0.945. The van der Waals surface area contributed by atoms with E-state index in [-0.39, 0.29) is 24.4 Å². The number of fused-ring (bicyclic) bond motifs is 1. The Morgan fingerprint density at radius 1 is 1.18 bits per heavy atom. The lowest BCUT2D eigenvalue weighted by Gasteiger charge is -2.30. The molecule has 1 amide bonds. The highest BCUT2D eigenvalue weighted by atomic mass is 35.5. The van der Waals surface area contributed by atoms with Gasteiger partial charge in [-0.05, 0) is 35.6 Å². The van der Waals surface area contributed by atoms with E-state index in [0.717, 1.165) is 32.4 Å². The van der Waals surface area contributed by atoms with Crippen molar-refractivity contribution in [3.05, 3.63) is 48.0 Å². The molecule has 1 saturated heterocycles. The summed E-state index contributed by atoms with van der Waals surface area (Å²) in [7, 11) is 0. The maximum atomic E-state index is 12.3. The van der Waals surface area contributed by atoms with Gasteiger partial charge in [0.15, 0.2) is 0 Å². The number of amides is 1. The lowest BCUT2D eigenvalue weighted by Crippen LogP contribution is -2.45. The average molecular weight is 319 g/mol. The van der Waals surface area contributed by atoms with Crippen LogP contribution in [0, 0.1) is 0 Å². The number of carbonyl (C=O) groups excluding carboxylic acids is 1. The lowest BCUT2D eigenvalue weighted by atomic mass is 10.0. The third-order valence-corrected chi connectivity index (χ3v) is 4.25. The number of benzene rings is 2. The highest BCUT2D eigenvalue weighted by Crippen LogP contribution is 2.17. The van der Waals surface area contributed by atoms with Crippen molar-refractivity contribution < 1.29 is 4.79 Å². The highest BCUT2D eigenvalue weighted by molar-refractivity contribution is 5.85. The molecular formula is C18H23ClN2O. The summed E-state index contributed by atoms with van der Waals surface area (Å²) in [5.74, 6) is 0.235. The van der Waals surface area contributed by atoms with Crippen LogP contribution in [0.25, 0.3) is 10.8 Å². The van der Waals surface area contributed by atoms with Crippen LogP contribution in [0.15, 0.2) is 42.5 Å². The Morgan fingerprint density at radius 2 is 1.95 bits per heavy atom. The minimum Gasteiger partial charge on any atom is -0.341 e. The summed E-state index contributed by atoms with van der Waals surface area (Å²) in [5, 5.41) is 2.48. The fraction of sp³-hybridized carbons (Fsp3) is 0.389. The van der Waals surface area contributed by atoms with Crippen LogP contribution in [0.4, 0.5) is 0 Å². The zero-order valence-electron chi connectivity index (χ0n) is 12.7. The third-order valence-electron chi connectivity index (χ3n) is 4.25. The molecule has 0 radical (unpaired) electrons. The average Bonchev–Trinajstić information content (AvgIpc) is 2.52. The van der Waals surface area contributed by atoms with Crippen molar-refractivity contribution >= 4 is 29.1 Å². The molecule has 2 aromatic carbocycles. The number of rotatable bonds is 3. The first-order valence-corrected chi connectivity index (χ1v) is 7.73. The van der Waals surface area contributed by atoms with E-state index in [1.807, 2.05) is 17.0 Å². The molecule has 4 heteroatoms. The summed E-state index contributed by atoms with van der Waals surface area (Å²) in [4.78, 5) is 14.2. The zero-order chi connectivity index (χ0) is 14.7. The summed E-state index contributed by atoms with van der Waals surface area (Å²) in [6.45, 7) is 1.58. The van der Waals surface area contributed by atoms with E-state index < -0.39 is 0 Å². The number of hydrogen-bond donors (Lipinski definition) is 1. The highest BCUT2D eigenvalue weighted by Gasteiger charge is 2.20.